The van der Waals surface area contributed by atoms with Crippen molar-refractivity contribution in [1.82, 2.24) is 0 Å². The standard InChI is InChI=1S/C30H31ClN2O5/c1-6-37-23-15-16-25(31)24(17-23)28(34)26-27(19-7-9-20(10-8-19)32(4)5)33(30(36)29(26)35)21-11-13-22(14-12-21)38-18(2)3/h7-18,27,34H,6H2,1-5H3/b28-26+. The summed E-state index contributed by atoms with van der Waals surface area (Å²) < 4.78 is 11.3. The van der Waals surface area contributed by atoms with Crippen LogP contribution in [0.2, 0.25) is 5.02 Å². The van der Waals surface area contributed by atoms with E-state index < -0.39 is 17.7 Å². The third kappa shape index (κ3) is 5.34. The Morgan fingerprint density at radius 1 is 1.00 bits per heavy atom. The Morgan fingerprint density at radius 3 is 2.21 bits per heavy atom. The number of carbonyl (C=O) groups is 2. The molecule has 1 amide bonds. The molecule has 1 aliphatic rings. The maximum absolute atomic E-state index is 13.5. The quantitative estimate of drug-likeness (QED) is 0.210. The number of carbonyl (C=O) groups excluding carboxylic acids is 2. The van der Waals surface area contributed by atoms with Crippen molar-refractivity contribution in [3.8, 4) is 11.5 Å². The van der Waals surface area contributed by atoms with Gasteiger partial charge in [-0.1, -0.05) is 23.7 Å². The minimum atomic E-state index is -0.880. The van der Waals surface area contributed by atoms with Crippen LogP contribution in [0, 0.1) is 0 Å². The van der Waals surface area contributed by atoms with E-state index in [-0.39, 0.29) is 28.0 Å². The van der Waals surface area contributed by atoms with Gasteiger partial charge in [0.1, 0.15) is 17.3 Å². The van der Waals surface area contributed by atoms with Gasteiger partial charge in [0.15, 0.2) is 0 Å². The number of Topliss-reactive ketones (excluding diaryl/α,β-unsaturated/α-hetero) is 1. The van der Waals surface area contributed by atoms with Gasteiger partial charge in [0.25, 0.3) is 11.7 Å². The second-order valence-electron chi connectivity index (χ2n) is 9.39. The number of anilines is 2. The molecule has 198 valence electrons. The van der Waals surface area contributed by atoms with Crippen molar-refractivity contribution in [2.75, 3.05) is 30.5 Å². The van der Waals surface area contributed by atoms with Crippen LogP contribution in [0.3, 0.4) is 0 Å². The zero-order valence-electron chi connectivity index (χ0n) is 22.1. The highest BCUT2D eigenvalue weighted by Gasteiger charge is 2.47. The van der Waals surface area contributed by atoms with E-state index in [0.717, 1.165) is 5.69 Å². The van der Waals surface area contributed by atoms with Crippen molar-refractivity contribution in [2.24, 2.45) is 0 Å². The Morgan fingerprint density at radius 2 is 1.63 bits per heavy atom. The summed E-state index contributed by atoms with van der Waals surface area (Å²) in [6.07, 6.45) is -0.0116. The molecule has 1 saturated heterocycles. The first kappa shape index (κ1) is 27.1. The number of rotatable bonds is 8. The number of benzene rings is 3. The maximum atomic E-state index is 13.5. The van der Waals surface area contributed by atoms with E-state index in [2.05, 4.69) is 0 Å². The Kier molecular flexibility index (Phi) is 7.97. The highest BCUT2D eigenvalue weighted by molar-refractivity contribution is 6.52. The lowest BCUT2D eigenvalue weighted by atomic mass is 9.94. The van der Waals surface area contributed by atoms with Gasteiger partial charge in [-0.25, -0.2) is 0 Å². The van der Waals surface area contributed by atoms with Crippen molar-refractivity contribution >= 4 is 40.4 Å². The van der Waals surface area contributed by atoms with E-state index in [0.29, 0.717) is 29.4 Å². The highest BCUT2D eigenvalue weighted by Crippen LogP contribution is 2.44. The maximum Gasteiger partial charge on any atom is 0.300 e. The Bertz CT molecular complexity index is 1360. The number of aliphatic hydroxyl groups excluding tert-OH is 1. The molecule has 0 spiro atoms. The molecule has 7 nitrogen and oxygen atoms in total. The molecule has 8 heteroatoms. The number of amides is 1. The van der Waals surface area contributed by atoms with E-state index >= 15 is 0 Å². The molecule has 3 aromatic carbocycles. The lowest BCUT2D eigenvalue weighted by Crippen LogP contribution is -2.29. The van der Waals surface area contributed by atoms with Crippen LogP contribution >= 0.6 is 11.6 Å². The molecule has 1 aliphatic heterocycles. The fourth-order valence-electron chi connectivity index (χ4n) is 4.41. The van der Waals surface area contributed by atoms with Gasteiger partial charge in [-0.15, -0.1) is 0 Å². The first-order chi connectivity index (χ1) is 18.1. The van der Waals surface area contributed by atoms with Crippen molar-refractivity contribution in [3.05, 3.63) is 88.5 Å². The third-order valence-corrected chi connectivity index (χ3v) is 6.49. The van der Waals surface area contributed by atoms with Crippen molar-refractivity contribution in [2.45, 2.75) is 32.9 Å². The minimum Gasteiger partial charge on any atom is -0.507 e. The molecular formula is C30H31ClN2O5. The molecular weight excluding hydrogens is 504 g/mol. The zero-order chi connectivity index (χ0) is 27.6. The zero-order valence-corrected chi connectivity index (χ0v) is 22.8. The molecule has 1 heterocycles. The van der Waals surface area contributed by atoms with Crippen LogP contribution in [0.4, 0.5) is 11.4 Å². The SMILES string of the molecule is CCOc1ccc(Cl)c(/C(O)=C2\C(=O)C(=O)N(c3ccc(OC(C)C)cc3)C2c2ccc(N(C)C)cc2)c1. The minimum absolute atomic E-state index is 0.0116. The Labute approximate surface area is 227 Å². The fraction of sp³-hybridized carbons (Fsp3) is 0.267. The summed E-state index contributed by atoms with van der Waals surface area (Å²) in [5.41, 5.74) is 2.28. The van der Waals surface area contributed by atoms with Gasteiger partial charge in [-0.2, -0.15) is 0 Å². The van der Waals surface area contributed by atoms with Crippen molar-refractivity contribution in [1.29, 1.82) is 0 Å². The van der Waals surface area contributed by atoms with Gasteiger partial charge in [0, 0.05) is 31.0 Å². The fourth-order valence-corrected chi connectivity index (χ4v) is 4.62. The summed E-state index contributed by atoms with van der Waals surface area (Å²) in [7, 11) is 3.85. The summed E-state index contributed by atoms with van der Waals surface area (Å²) >= 11 is 6.44. The number of aliphatic hydroxyl groups is 1. The monoisotopic (exact) mass is 534 g/mol. The second kappa shape index (κ2) is 11.2. The molecule has 0 bridgehead atoms. The summed E-state index contributed by atoms with van der Waals surface area (Å²) in [6, 6.07) is 18.4. The van der Waals surface area contributed by atoms with E-state index in [4.69, 9.17) is 21.1 Å². The van der Waals surface area contributed by atoms with Crippen LogP contribution < -0.4 is 19.3 Å². The van der Waals surface area contributed by atoms with Crippen molar-refractivity contribution < 1.29 is 24.2 Å². The number of halogens is 1. The summed E-state index contributed by atoms with van der Waals surface area (Å²) in [4.78, 5) is 30.3. The predicted molar refractivity (Wildman–Crippen MR) is 150 cm³/mol. The molecule has 1 fully saturated rings. The molecule has 1 N–H and O–H groups in total. The first-order valence-corrected chi connectivity index (χ1v) is 12.8. The predicted octanol–water partition coefficient (Wildman–Crippen LogP) is 6.22. The summed E-state index contributed by atoms with van der Waals surface area (Å²) in [5.74, 6) is -0.779. The molecule has 1 atom stereocenters. The lowest BCUT2D eigenvalue weighted by molar-refractivity contribution is -0.132. The molecule has 0 saturated carbocycles. The van der Waals surface area contributed by atoms with Crippen LogP contribution in [-0.4, -0.2) is 43.6 Å². The Balaban J connectivity index is 1.89. The van der Waals surface area contributed by atoms with Gasteiger partial charge < -0.3 is 19.5 Å². The van der Waals surface area contributed by atoms with Crippen molar-refractivity contribution in [3.63, 3.8) is 0 Å². The second-order valence-corrected chi connectivity index (χ2v) is 9.80. The number of hydrogen-bond donors (Lipinski definition) is 1. The number of ketones is 1. The number of ether oxygens (including phenoxy) is 2. The number of hydrogen-bond acceptors (Lipinski definition) is 6. The van der Waals surface area contributed by atoms with Gasteiger partial charge in [0.2, 0.25) is 0 Å². The topological polar surface area (TPSA) is 79.3 Å². The van der Waals surface area contributed by atoms with Gasteiger partial charge >= 0.3 is 0 Å². The molecule has 4 rings (SSSR count). The first-order valence-electron chi connectivity index (χ1n) is 12.4. The van der Waals surface area contributed by atoms with Gasteiger partial charge in [-0.3, -0.25) is 14.5 Å². The van der Waals surface area contributed by atoms with E-state index in [1.807, 2.05) is 64.0 Å². The van der Waals surface area contributed by atoms with Crippen LogP contribution in [0.25, 0.3) is 5.76 Å². The lowest BCUT2D eigenvalue weighted by Gasteiger charge is -2.26. The Hall–Kier alpha value is -3.97. The largest absolute Gasteiger partial charge is 0.507 e. The van der Waals surface area contributed by atoms with Crippen LogP contribution in [0.15, 0.2) is 72.3 Å². The van der Waals surface area contributed by atoms with E-state index in [1.165, 1.54) is 4.90 Å². The average Bonchev–Trinajstić information content (AvgIpc) is 3.15. The normalized spacial score (nSPS) is 16.7. The van der Waals surface area contributed by atoms with Crippen LogP contribution in [-0.2, 0) is 9.59 Å². The molecule has 0 aliphatic carbocycles. The van der Waals surface area contributed by atoms with Gasteiger partial charge in [0.05, 0.1) is 29.3 Å². The molecule has 3 aromatic rings. The number of nitrogens with zero attached hydrogens (tertiary/aromatic N) is 2. The van der Waals surface area contributed by atoms with E-state index in [1.54, 1.807) is 42.5 Å². The van der Waals surface area contributed by atoms with Crippen LogP contribution in [0.1, 0.15) is 37.9 Å². The molecule has 38 heavy (non-hydrogen) atoms. The van der Waals surface area contributed by atoms with E-state index in [9.17, 15) is 14.7 Å². The molecule has 0 aromatic heterocycles. The third-order valence-electron chi connectivity index (χ3n) is 6.16. The molecule has 0 radical (unpaired) electrons. The summed E-state index contributed by atoms with van der Waals surface area (Å²) in [6.45, 7) is 6.11. The highest BCUT2D eigenvalue weighted by atomic mass is 35.5. The smallest absolute Gasteiger partial charge is 0.300 e. The van der Waals surface area contributed by atoms with Gasteiger partial charge in [-0.05, 0) is 80.9 Å². The molecule has 1 unspecified atom stereocenters. The summed E-state index contributed by atoms with van der Waals surface area (Å²) in [5, 5.41) is 11.7. The average molecular weight is 535 g/mol. The van der Waals surface area contributed by atoms with Crippen LogP contribution in [0.5, 0.6) is 11.5 Å².